The highest BCUT2D eigenvalue weighted by Gasteiger charge is 2.19. The molecule has 0 spiro atoms. The molecule has 0 aliphatic carbocycles. The number of hydrogen-bond donors (Lipinski definition) is 1. The second-order valence-electron chi connectivity index (χ2n) is 3.94. The highest BCUT2D eigenvalue weighted by Crippen LogP contribution is 2.29. The minimum atomic E-state index is -0.443. The van der Waals surface area contributed by atoms with E-state index in [0.29, 0.717) is 17.0 Å². The van der Waals surface area contributed by atoms with Crippen LogP contribution in [0.15, 0.2) is 22.6 Å². The van der Waals surface area contributed by atoms with E-state index in [2.05, 4.69) is 10.2 Å². The monoisotopic (exact) mass is 248 g/mol. The lowest BCUT2D eigenvalue weighted by Crippen LogP contribution is -2.04. The largest absolute Gasteiger partial charge is 0.419 e. The van der Waals surface area contributed by atoms with Gasteiger partial charge >= 0.3 is 0 Å². The Hall–Kier alpha value is -2.28. The van der Waals surface area contributed by atoms with Crippen LogP contribution in [0, 0.1) is 17.0 Å². The summed E-state index contributed by atoms with van der Waals surface area (Å²) in [6, 6.07) is 4.34. The van der Waals surface area contributed by atoms with Gasteiger partial charge in [0.05, 0.1) is 11.0 Å². The lowest BCUT2D eigenvalue weighted by atomic mass is 10.1. The highest BCUT2D eigenvalue weighted by molar-refractivity contribution is 5.64. The Kier molecular flexibility index (Phi) is 3.07. The van der Waals surface area contributed by atoms with Crippen LogP contribution in [0.25, 0.3) is 11.5 Å². The Balaban J connectivity index is 2.50. The number of nitrogens with zero attached hydrogens (tertiary/aromatic N) is 3. The maximum absolute atomic E-state index is 10.8. The van der Waals surface area contributed by atoms with E-state index in [1.54, 1.807) is 26.0 Å². The Bertz CT molecular complexity index is 592. The summed E-state index contributed by atoms with van der Waals surface area (Å²) in [5, 5.41) is 18.5. The third-order valence-electron chi connectivity index (χ3n) is 2.56. The summed E-state index contributed by atoms with van der Waals surface area (Å²) in [5.41, 5.74) is 6.67. The SMILES string of the molecule is Cc1c(-c2nnc(C(C)N)o2)cccc1[N+](=O)[O-]. The highest BCUT2D eigenvalue weighted by atomic mass is 16.6. The van der Waals surface area contributed by atoms with Crippen molar-refractivity contribution in [3.8, 4) is 11.5 Å². The Morgan fingerprint density at radius 1 is 1.44 bits per heavy atom. The summed E-state index contributed by atoms with van der Waals surface area (Å²) >= 11 is 0. The van der Waals surface area contributed by atoms with Crippen LogP contribution in [0.5, 0.6) is 0 Å². The van der Waals surface area contributed by atoms with E-state index in [1.165, 1.54) is 6.07 Å². The van der Waals surface area contributed by atoms with E-state index in [4.69, 9.17) is 10.2 Å². The van der Waals surface area contributed by atoms with Crippen LogP contribution >= 0.6 is 0 Å². The van der Waals surface area contributed by atoms with Crippen molar-refractivity contribution in [1.82, 2.24) is 10.2 Å². The van der Waals surface area contributed by atoms with Crippen LogP contribution in [0.2, 0.25) is 0 Å². The first kappa shape index (κ1) is 12.2. The van der Waals surface area contributed by atoms with E-state index in [-0.39, 0.29) is 17.6 Å². The number of hydrogen-bond acceptors (Lipinski definition) is 6. The molecule has 18 heavy (non-hydrogen) atoms. The van der Waals surface area contributed by atoms with Gasteiger partial charge in [-0.25, -0.2) is 0 Å². The van der Waals surface area contributed by atoms with Crippen LogP contribution in [0.3, 0.4) is 0 Å². The van der Waals surface area contributed by atoms with Gasteiger partial charge in [-0.2, -0.15) is 0 Å². The number of benzene rings is 1. The van der Waals surface area contributed by atoms with Crippen molar-refractivity contribution in [2.45, 2.75) is 19.9 Å². The number of nitrogens with two attached hydrogens (primary N) is 1. The fraction of sp³-hybridized carbons (Fsp3) is 0.273. The summed E-state index contributed by atoms with van der Waals surface area (Å²) in [7, 11) is 0. The van der Waals surface area contributed by atoms with Crippen molar-refractivity contribution in [3.05, 3.63) is 39.8 Å². The van der Waals surface area contributed by atoms with Crippen LogP contribution in [-0.2, 0) is 0 Å². The predicted octanol–water partition coefficient (Wildman–Crippen LogP) is 1.97. The number of nitro groups is 1. The second-order valence-corrected chi connectivity index (χ2v) is 3.94. The average molecular weight is 248 g/mol. The minimum Gasteiger partial charge on any atom is -0.419 e. The fourth-order valence-electron chi connectivity index (χ4n) is 1.58. The van der Waals surface area contributed by atoms with Crippen molar-refractivity contribution in [2.24, 2.45) is 5.73 Å². The van der Waals surface area contributed by atoms with Crippen molar-refractivity contribution in [1.29, 1.82) is 0 Å². The zero-order valence-corrected chi connectivity index (χ0v) is 9.95. The smallest absolute Gasteiger partial charge is 0.273 e. The molecule has 1 heterocycles. The lowest BCUT2D eigenvalue weighted by Gasteiger charge is -2.01. The Labute approximate surface area is 103 Å². The van der Waals surface area contributed by atoms with E-state index in [0.717, 1.165) is 0 Å². The van der Waals surface area contributed by atoms with Crippen molar-refractivity contribution >= 4 is 5.69 Å². The summed E-state index contributed by atoms with van der Waals surface area (Å²) in [6.45, 7) is 3.36. The molecule has 94 valence electrons. The van der Waals surface area contributed by atoms with Gasteiger partial charge < -0.3 is 10.2 Å². The summed E-state index contributed by atoms with van der Waals surface area (Å²) in [4.78, 5) is 10.4. The van der Waals surface area contributed by atoms with Crippen molar-refractivity contribution in [3.63, 3.8) is 0 Å². The molecule has 0 fully saturated rings. The van der Waals surface area contributed by atoms with Gasteiger partial charge in [-0.1, -0.05) is 6.07 Å². The molecular weight excluding hydrogens is 236 g/mol. The molecule has 0 bridgehead atoms. The maximum atomic E-state index is 10.8. The molecule has 7 nitrogen and oxygen atoms in total. The summed E-state index contributed by atoms with van der Waals surface area (Å²) in [5.74, 6) is 0.541. The molecule has 2 N–H and O–H groups in total. The second kappa shape index (κ2) is 4.53. The van der Waals surface area contributed by atoms with Gasteiger partial charge in [0.25, 0.3) is 5.69 Å². The molecule has 0 saturated carbocycles. The molecule has 1 atom stereocenters. The molecule has 0 amide bonds. The van der Waals surface area contributed by atoms with Crippen molar-refractivity contribution in [2.75, 3.05) is 0 Å². The molecule has 0 radical (unpaired) electrons. The minimum absolute atomic E-state index is 0.0213. The summed E-state index contributed by atoms with van der Waals surface area (Å²) < 4.78 is 5.38. The first-order valence-corrected chi connectivity index (χ1v) is 5.34. The molecule has 2 rings (SSSR count). The molecule has 1 aromatic carbocycles. The molecule has 7 heteroatoms. The summed E-state index contributed by atoms with van der Waals surface area (Å²) in [6.07, 6.45) is 0. The molecule has 0 aliphatic heterocycles. The molecular formula is C11H12N4O3. The van der Waals surface area contributed by atoms with E-state index < -0.39 is 4.92 Å². The van der Waals surface area contributed by atoms with Crippen LogP contribution in [0.4, 0.5) is 5.69 Å². The molecule has 1 unspecified atom stereocenters. The number of aromatic nitrogens is 2. The zero-order chi connectivity index (χ0) is 13.3. The Morgan fingerprint density at radius 3 is 2.72 bits per heavy atom. The maximum Gasteiger partial charge on any atom is 0.273 e. The van der Waals surface area contributed by atoms with E-state index in [1.807, 2.05) is 0 Å². The van der Waals surface area contributed by atoms with Crippen LogP contribution in [0.1, 0.15) is 24.4 Å². The molecule has 2 aromatic rings. The quantitative estimate of drug-likeness (QED) is 0.657. The van der Waals surface area contributed by atoms with Gasteiger partial charge in [0.15, 0.2) is 0 Å². The standard InChI is InChI=1S/C11H12N4O3/c1-6-8(4-3-5-9(6)15(16)17)11-14-13-10(18-11)7(2)12/h3-5,7H,12H2,1-2H3. The average Bonchev–Trinajstić information content (AvgIpc) is 2.78. The first-order chi connectivity index (χ1) is 8.50. The third kappa shape index (κ3) is 2.07. The van der Waals surface area contributed by atoms with Gasteiger partial charge in [0.1, 0.15) is 0 Å². The van der Waals surface area contributed by atoms with Gasteiger partial charge in [0, 0.05) is 17.2 Å². The van der Waals surface area contributed by atoms with Crippen molar-refractivity contribution < 1.29 is 9.34 Å². The van der Waals surface area contributed by atoms with E-state index >= 15 is 0 Å². The van der Waals surface area contributed by atoms with Crippen LogP contribution in [-0.4, -0.2) is 15.1 Å². The van der Waals surface area contributed by atoms with E-state index in [9.17, 15) is 10.1 Å². The molecule has 1 aromatic heterocycles. The topological polar surface area (TPSA) is 108 Å². The Morgan fingerprint density at radius 2 is 2.17 bits per heavy atom. The predicted molar refractivity (Wildman–Crippen MR) is 63.7 cm³/mol. The zero-order valence-electron chi connectivity index (χ0n) is 9.95. The normalized spacial score (nSPS) is 12.4. The molecule has 0 aliphatic rings. The first-order valence-electron chi connectivity index (χ1n) is 5.34. The van der Waals surface area contributed by atoms with Gasteiger partial charge in [-0.15, -0.1) is 10.2 Å². The lowest BCUT2D eigenvalue weighted by molar-refractivity contribution is -0.385. The van der Waals surface area contributed by atoms with Gasteiger partial charge in [-0.05, 0) is 19.9 Å². The van der Waals surface area contributed by atoms with Crippen LogP contribution < -0.4 is 5.73 Å². The van der Waals surface area contributed by atoms with Gasteiger partial charge in [0.2, 0.25) is 11.8 Å². The number of rotatable bonds is 3. The third-order valence-corrected chi connectivity index (χ3v) is 2.56. The number of nitro benzene ring substituents is 1. The fourth-order valence-corrected chi connectivity index (χ4v) is 1.58. The van der Waals surface area contributed by atoms with Gasteiger partial charge in [-0.3, -0.25) is 10.1 Å². The molecule has 0 saturated heterocycles.